The van der Waals surface area contributed by atoms with Crippen molar-refractivity contribution in [2.75, 3.05) is 23.8 Å². The summed E-state index contributed by atoms with van der Waals surface area (Å²) in [5.41, 5.74) is 2.14. The maximum Gasteiger partial charge on any atom is 0.243 e. The predicted octanol–water partition coefficient (Wildman–Crippen LogP) is 3.82. The molecule has 4 nitrogen and oxygen atoms in total. The van der Waals surface area contributed by atoms with E-state index in [0.717, 1.165) is 16.0 Å². The van der Waals surface area contributed by atoms with Gasteiger partial charge in [0, 0.05) is 12.7 Å². The standard InChI is InChI=1S/C17H16FN3OS/c1-11-6-3-4-8-13(11)19-15(22)10-21(2)17-20-16-12(18)7-5-9-14(16)23-17/h3-9H,10H2,1-2H3,(H,19,22). The second-order valence-corrected chi connectivity index (χ2v) is 6.31. The minimum atomic E-state index is -0.345. The smallest absolute Gasteiger partial charge is 0.243 e. The van der Waals surface area contributed by atoms with Crippen LogP contribution in [0.2, 0.25) is 0 Å². The number of rotatable bonds is 4. The fraction of sp³-hybridized carbons (Fsp3) is 0.176. The Hall–Kier alpha value is -2.47. The van der Waals surface area contributed by atoms with E-state index in [1.165, 1.54) is 17.4 Å². The molecule has 0 unspecified atom stereocenters. The molecule has 0 bridgehead atoms. The highest BCUT2D eigenvalue weighted by molar-refractivity contribution is 7.22. The fourth-order valence-electron chi connectivity index (χ4n) is 2.25. The third-order valence-electron chi connectivity index (χ3n) is 3.48. The molecule has 0 radical (unpaired) electrons. The van der Waals surface area contributed by atoms with Crippen LogP contribution < -0.4 is 10.2 Å². The third-order valence-corrected chi connectivity index (χ3v) is 4.62. The number of benzene rings is 2. The number of fused-ring (bicyclic) bond motifs is 1. The summed E-state index contributed by atoms with van der Waals surface area (Å²) >= 11 is 1.37. The number of hydrogen-bond donors (Lipinski definition) is 1. The van der Waals surface area contributed by atoms with Gasteiger partial charge in [0.25, 0.3) is 0 Å². The van der Waals surface area contributed by atoms with Gasteiger partial charge in [-0.25, -0.2) is 9.37 Å². The van der Waals surface area contributed by atoms with Crippen molar-refractivity contribution in [2.24, 2.45) is 0 Å². The van der Waals surface area contributed by atoms with Crippen LogP contribution in [-0.4, -0.2) is 24.5 Å². The van der Waals surface area contributed by atoms with Gasteiger partial charge >= 0.3 is 0 Å². The van der Waals surface area contributed by atoms with Crippen molar-refractivity contribution in [3.63, 3.8) is 0 Å². The Morgan fingerprint density at radius 3 is 2.78 bits per heavy atom. The third kappa shape index (κ3) is 3.32. The molecule has 0 spiro atoms. The van der Waals surface area contributed by atoms with E-state index < -0.39 is 0 Å². The van der Waals surface area contributed by atoms with Gasteiger partial charge in [-0.2, -0.15) is 0 Å². The number of amides is 1. The van der Waals surface area contributed by atoms with E-state index in [9.17, 15) is 9.18 Å². The lowest BCUT2D eigenvalue weighted by molar-refractivity contribution is -0.114. The molecule has 1 amide bonds. The largest absolute Gasteiger partial charge is 0.342 e. The number of nitrogens with zero attached hydrogens (tertiary/aromatic N) is 2. The number of carbonyl (C=O) groups excluding carboxylic acids is 1. The molecule has 0 saturated carbocycles. The summed E-state index contributed by atoms with van der Waals surface area (Å²) in [6.07, 6.45) is 0. The van der Waals surface area contributed by atoms with E-state index in [1.807, 2.05) is 37.3 Å². The van der Waals surface area contributed by atoms with Crippen LogP contribution in [0.5, 0.6) is 0 Å². The molecule has 0 aliphatic rings. The summed E-state index contributed by atoms with van der Waals surface area (Å²) < 4.78 is 14.5. The Morgan fingerprint density at radius 1 is 1.26 bits per heavy atom. The molecule has 1 N–H and O–H groups in total. The second-order valence-electron chi connectivity index (χ2n) is 5.30. The maximum absolute atomic E-state index is 13.7. The molecule has 0 aliphatic carbocycles. The van der Waals surface area contributed by atoms with Gasteiger partial charge in [-0.3, -0.25) is 4.79 Å². The molecular formula is C17H16FN3OS. The van der Waals surface area contributed by atoms with Crippen molar-refractivity contribution in [2.45, 2.75) is 6.92 Å². The Kier molecular flexibility index (Phi) is 4.25. The minimum absolute atomic E-state index is 0.137. The zero-order chi connectivity index (χ0) is 16.4. The number of anilines is 2. The zero-order valence-electron chi connectivity index (χ0n) is 12.8. The van der Waals surface area contributed by atoms with Gasteiger partial charge in [0.15, 0.2) is 5.13 Å². The fourth-order valence-corrected chi connectivity index (χ4v) is 3.19. The lowest BCUT2D eigenvalue weighted by atomic mass is 10.2. The quantitative estimate of drug-likeness (QED) is 0.791. The topological polar surface area (TPSA) is 45.2 Å². The van der Waals surface area contributed by atoms with Crippen molar-refractivity contribution < 1.29 is 9.18 Å². The summed E-state index contributed by atoms with van der Waals surface area (Å²) in [6, 6.07) is 12.5. The van der Waals surface area contributed by atoms with Gasteiger partial charge in [0.05, 0.1) is 11.2 Å². The van der Waals surface area contributed by atoms with Crippen LogP contribution in [0, 0.1) is 12.7 Å². The maximum atomic E-state index is 13.7. The van der Waals surface area contributed by atoms with Crippen LogP contribution in [0.3, 0.4) is 0 Å². The molecule has 0 aliphatic heterocycles. The van der Waals surface area contributed by atoms with E-state index in [1.54, 1.807) is 18.0 Å². The Balaban J connectivity index is 1.72. The summed E-state index contributed by atoms with van der Waals surface area (Å²) in [7, 11) is 1.77. The molecule has 0 fully saturated rings. The summed E-state index contributed by atoms with van der Waals surface area (Å²) in [5, 5.41) is 3.49. The number of thiazole rings is 1. The zero-order valence-corrected chi connectivity index (χ0v) is 13.7. The molecule has 2 aromatic carbocycles. The van der Waals surface area contributed by atoms with Crippen LogP contribution in [0.4, 0.5) is 15.2 Å². The lowest BCUT2D eigenvalue weighted by Crippen LogP contribution is -2.30. The van der Waals surface area contributed by atoms with Crippen molar-refractivity contribution in [1.82, 2.24) is 4.98 Å². The van der Waals surface area contributed by atoms with Gasteiger partial charge in [0.1, 0.15) is 11.3 Å². The number of para-hydroxylation sites is 2. The molecular weight excluding hydrogens is 313 g/mol. The average Bonchev–Trinajstić information content (AvgIpc) is 2.95. The molecule has 3 rings (SSSR count). The van der Waals surface area contributed by atoms with E-state index in [2.05, 4.69) is 10.3 Å². The number of halogens is 1. The van der Waals surface area contributed by atoms with E-state index >= 15 is 0 Å². The number of carbonyl (C=O) groups is 1. The van der Waals surface area contributed by atoms with Gasteiger partial charge < -0.3 is 10.2 Å². The summed E-state index contributed by atoms with van der Waals surface area (Å²) in [4.78, 5) is 18.2. The number of likely N-dealkylation sites (N-methyl/N-ethyl adjacent to an activating group) is 1. The number of nitrogens with one attached hydrogen (secondary N) is 1. The average molecular weight is 329 g/mol. The molecule has 1 aromatic heterocycles. The Bertz CT molecular complexity index is 862. The molecule has 118 valence electrons. The number of aromatic nitrogens is 1. The van der Waals surface area contributed by atoms with Crippen LogP contribution in [0.25, 0.3) is 10.2 Å². The first kappa shape index (κ1) is 15.4. The van der Waals surface area contributed by atoms with Gasteiger partial charge in [-0.05, 0) is 30.7 Å². The molecule has 6 heteroatoms. The Labute approximate surface area is 137 Å². The van der Waals surface area contributed by atoms with Gasteiger partial charge in [-0.1, -0.05) is 35.6 Å². The molecule has 23 heavy (non-hydrogen) atoms. The Morgan fingerprint density at radius 2 is 2.04 bits per heavy atom. The van der Waals surface area contributed by atoms with Gasteiger partial charge in [0.2, 0.25) is 5.91 Å². The monoisotopic (exact) mass is 329 g/mol. The molecule has 0 atom stereocenters. The number of hydrogen-bond acceptors (Lipinski definition) is 4. The highest BCUT2D eigenvalue weighted by atomic mass is 32.1. The van der Waals surface area contributed by atoms with E-state index in [-0.39, 0.29) is 18.3 Å². The normalized spacial score (nSPS) is 10.7. The molecule has 3 aromatic rings. The van der Waals surface area contributed by atoms with Crippen LogP contribution in [-0.2, 0) is 4.79 Å². The van der Waals surface area contributed by atoms with Crippen LogP contribution in [0.15, 0.2) is 42.5 Å². The summed E-state index contributed by atoms with van der Waals surface area (Å²) in [5.74, 6) is -0.482. The highest BCUT2D eigenvalue weighted by Crippen LogP contribution is 2.29. The van der Waals surface area contributed by atoms with E-state index in [0.29, 0.717) is 10.6 Å². The van der Waals surface area contributed by atoms with Crippen LogP contribution >= 0.6 is 11.3 Å². The number of aryl methyl sites for hydroxylation is 1. The summed E-state index contributed by atoms with van der Waals surface area (Å²) in [6.45, 7) is 2.09. The highest BCUT2D eigenvalue weighted by Gasteiger charge is 2.14. The van der Waals surface area contributed by atoms with Crippen LogP contribution in [0.1, 0.15) is 5.56 Å². The second kappa shape index (κ2) is 6.34. The van der Waals surface area contributed by atoms with Crippen molar-refractivity contribution in [1.29, 1.82) is 0 Å². The van der Waals surface area contributed by atoms with Crippen molar-refractivity contribution in [3.05, 3.63) is 53.8 Å². The first-order chi connectivity index (χ1) is 11.0. The first-order valence-electron chi connectivity index (χ1n) is 7.16. The molecule has 0 saturated heterocycles. The van der Waals surface area contributed by atoms with Crippen molar-refractivity contribution >= 4 is 38.3 Å². The SMILES string of the molecule is Cc1ccccc1NC(=O)CN(C)c1nc2c(F)cccc2s1. The minimum Gasteiger partial charge on any atom is -0.342 e. The predicted molar refractivity (Wildman–Crippen MR) is 92.7 cm³/mol. The van der Waals surface area contributed by atoms with Gasteiger partial charge in [-0.15, -0.1) is 0 Å². The molecule has 1 heterocycles. The van der Waals surface area contributed by atoms with Crippen molar-refractivity contribution in [3.8, 4) is 0 Å². The first-order valence-corrected chi connectivity index (χ1v) is 7.98. The lowest BCUT2D eigenvalue weighted by Gasteiger charge is -2.15. The van der Waals surface area contributed by atoms with E-state index in [4.69, 9.17) is 0 Å².